The van der Waals surface area contributed by atoms with Gasteiger partial charge >= 0.3 is 0 Å². The van der Waals surface area contributed by atoms with Gasteiger partial charge in [-0.1, -0.05) is 47.6 Å². The molecular formula is C18H15FN2O3. The number of rotatable bonds is 5. The number of nitrogens with one attached hydrogen (secondary N) is 1. The molecule has 3 rings (SSSR count). The molecule has 122 valence electrons. The van der Waals surface area contributed by atoms with E-state index in [1.165, 1.54) is 19.1 Å². The summed E-state index contributed by atoms with van der Waals surface area (Å²) in [6, 6.07) is 16.9. The fourth-order valence-corrected chi connectivity index (χ4v) is 2.09. The Morgan fingerprint density at radius 2 is 1.88 bits per heavy atom. The molecule has 1 amide bonds. The lowest BCUT2D eigenvalue weighted by atomic mass is 10.1. The first-order chi connectivity index (χ1) is 11.6. The van der Waals surface area contributed by atoms with Crippen LogP contribution in [-0.4, -0.2) is 17.2 Å². The van der Waals surface area contributed by atoms with Crippen LogP contribution in [0.2, 0.25) is 0 Å². The van der Waals surface area contributed by atoms with Gasteiger partial charge in [-0.05, 0) is 19.1 Å². The first-order valence-corrected chi connectivity index (χ1v) is 7.37. The van der Waals surface area contributed by atoms with Crippen LogP contribution >= 0.6 is 0 Å². The predicted octanol–water partition coefficient (Wildman–Crippen LogP) is 3.89. The fraction of sp³-hybridized carbons (Fsp3) is 0.111. The maximum Gasteiger partial charge on any atom is 0.267 e. The summed E-state index contributed by atoms with van der Waals surface area (Å²) in [5.41, 5.74) is 1.48. The number of halogens is 1. The third kappa shape index (κ3) is 3.60. The van der Waals surface area contributed by atoms with Gasteiger partial charge in [-0.2, -0.15) is 0 Å². The fourth-order valence-electron chi connectivity index (χ4n) is 2.09. The number of amides is 1. The summed E-state index contributed by atoms with van der Waals surface area (Å²) >= 11 is 0. The summed E-state index contributed by atoms with van der Waals surface area (Å²) < 4.78 is 24.0. The van der Waals surface area contributed by atoms with E-state index < -0.39 is 17.8 Å². The van der Waals surface area contributed by atoms with Gasteiger partial charge in [0.05, 0.1) is 0 Å². The standard InChI is InChI=1S/C18H15FN2O3/c1-12(23-16-10-6-5-9-14(16)19)18(22)20-17-11-15(21-24-17)13-7-3-2-4-8-13/h2-12H,1H3,(H,20,22). The molecule has 1 heterocycles. The smallest absolute Gasteiger partial charge is 0.267 e. The minimum absolute atomic E-state index is 0.0164. The van der Waals surface area contributed by atoms with Crippen molar-refractivity contribution in [1.29, 1.82) is 0 Å². The van der Waals surface area contributed by atoms with Crippen molar-refractivity contribution in [3.63, 3.8) is 0 Å². The van der Waals surface area contributed by atoms with Crippen LogP contribution in [0, 0.1) is 5.82 Å². The van der Waals surface area contributed by atoms with Crippen molar-refractivity contribution >= 4 is 11.8 Å². The predicted molar refractivity (Wildman–Crippen MR) is 87.1 cm³/mol. The van der Waals surface area contributed by atoms with Crippen molar-refractivity contribution in [2.75, 3.05) is 5.32 Å². The number of nitrogens with zero attached hydrogens (tertiary/aromatic N) is 1. The summed E-state index contributed by atoms with van der Waals surface area (Å²) in [6.07, 6.45) is -0.896. The molecule has 1 unspecified atom stereocenters. The normalized spacial score (nSPS) is 11.8. The van der Waals surface area contributed by atoms with E-state index in [0.717, 1.165) is 5.56 Å². The van der Waals surface area contributed by atoms with E-state index in [2.05, 4.69) is 10.5 Å². The van der Waals surface area contributed by atoms with Crippen molar-refractivity contribution in [1.82, 2.24) is 5.16 Å². The molecule has 0 aliphatic heterocycles. The number of hydrogen-bond donors (Lipinski definition) is 1. The van der Waals surface area contributed by atoms with E-state index in [0.29, 0.717) is 5.69 Å². The van der Waals surface area contributed by atoms with Crippen molar-refractivity contribution in [3.8, 4) is 17.0 Å². The number of carbonyl (C=O) groups excluding carboxylic acids is 1. The Hall–Kier alpha value is -3.15. The number of hydrogen-bond acceptors (Lipinski definition) is 4. The highest BCUT2D eigenvalue weighted by Crippen LogP contribution is 2.22. The first-order valence-electron chi connectivity index (χ1n) is 7.37. The number of carbonyl (C=O) groups is 1. The Morgan fingerprint density at radius 1 is 1.17 bits per heavy atom. The lowest BCUT2D eigenvalue weighted by Gasteiger charge is -2.13. The summed E-state index contributed by atoms with van der Waals surface area (Å²) in [5, 5.41) is 6.46. The number of aromatic nitrogens is 1. The van der Waals surface area contributed by atoms with Gasteiger partial charge in [-0.25, -0.2) is 4.39 Å². The maximum atomic E-state index is 13.5. The van der Waals surface area contributed by atoms with E-state index in [1.807, 2.05) is 30.3 Å². The number of anilines is 1. The van der Waals surface area contributed by atoms with E-state index >= 15 is 0 Å². The number of para-hydroxylation sites is 1. The summed E-state index contributed by atoms with van der Waals surface area (Å²) in [4.78, 5) is 12.1. The number of ether oxygens (including phenoxy) is 1. The molecule has 0 fully saturated rings. The van der Waals surface area contributed by atoms with Gasteiger partial charge in [0, 0.05) is 11.6 Å². The Labute approximate surface area is 138 Å². The molecule has 2 aromatic carbocycles. The molecule has 5 nitrogen and oxygen atoms in total. The lowest BCUT2D eigenvalue weighted by molar-refractivity contribution is -0.122. The largest absolute Gasteiger partial charge is 0.478 e. The molecule has 0 spiro atoms. The molecule has 1 aromatic heterocycles. The van der Waals surface area contributed by atoms with Gasteiger partial charge in [0.1, 0.15) is 5.69 Å². The van der Waals surface area contributed by atoms with Crippen LogP contribution in [0.15, 0.2) is 65.2 Å². The van der Waals surface area contributed by atoms with Gasteiger partial charge in [-0.15, -0.1) is 0 Å². The zero-order chi connectivity index (χ0) is 16.9. The highest BCUT2D eigenvalue weighted by atomic mass is 19.1. The Kier molecular flexibility index (Phi) is 4.56. The van der Waals surface area contributed by atoms with E-state index in [1.54, 1.807) is 18.2 Å². The Morgan fingerprint density at radius 3 is 2.62 bits per heavy atom. The average Bonchev–Trinajstić information content (AvgIpc) is 3.06. The highest BCUT2D eigenvalue weighted by molar-refractivity contribution is 5.93. The third-order valence-corrected chi connectivity index (χ3v) is 3.34. The highest BCUT2D eigenvalue weighted by Gasteiger charge is 2.18. The summed E-state index contributed by atoms with van der Waals surface area (Å²) in [7, 11) is 0. The van der Waals surface area contributed by atoms with Gasteiger partial charge < -0.3 is 9.26 Å². The second kappa shape index (κ2) is 6.95. The lowest BCUT2D eigenvalue weighted by Crippen LogP contribution is -2.30. The van der Waals surface area contributed by atoms with Crippen LogP contribution in [0.4, 0.5) is 10.3 Å². The molecule has 0 bridgehead atoms. The third-order valence-electron chi connectivity index (χ3n) is 3.34. The van der Waals surface area contributed by atoms with E-state index in [4.69, 9.17) is 9.26 Å². The molecular weight excluding hydrogens is 311 g/mol. The maximum absolute atomic E-state index is 13.5. The molecule has 1 N–H and O–H groups in total. The van der Waals surface area contributed by atoms with Crippen LogP contribution in [0.25, 0.3) is 11.3 Å². The second-order valence-corrected chi connectivity index (χ2v) is 5.12. The molecule has 24 heavy (non-hydrogen) atoms. The van der Waals surface area contributed by atoms with Gasteiger partial charge in [0.2, 0.25) is 5.88 Å². The van der Waals surface area contributed by atoms with E-state index in [9.17, 15) is 9.18 Å². The van der Waals surface area contributed by atoms with Crippen LogP contribution in [0.5, 0.6) is 5.75 Å². The quantitative estimate of drug-likeness (QED) is 0.772. The van der Waals surface area contributed by atoms with Crippen LogP contribution in [0.3, 0.4) is 0 Å². The molecule has 0 saturated heterocycles. The Bertz CT molecular complexity index is 833. The van der Waals surface area contributed by atoms with E-state index in [-0.39, 0.29) is 11.6 Å². The summed E-state index contributed by atoms with van der Waals surface area (Å²) in [5.74, 6) is -0.775. The molecule has 3 aromatic rings. The van der Waals surface area contributed by atoms with Crippen LogP contribution < -0.4 is 10.1 Å². The SMILES string of the molecule is CC(Oc1ccccc1F)C(=O)Nc1cc(-c2ccccc2)no1. The topological polar surface area (TPSA) is 64.4 Å². The van der Waals surface area contributed by atoms with Gasteiger partial charge in [0.15, 0.2) is 17.7 Å². The molecule has 6 heteroatoms. The molecule has 0 radical (unpaired) electrons. The van der Waals surface area contributed by atoms with Crippen molar-refractivity contribution in [3.05, 3.63) is 66.5 Å². The summed E-state index contributed by atoms with van der Waals surface area (Å²) in [6.45, 7) is 1.52. The molecule has 0 saturated carbocycles. The van der Waals surface area contributed by atoms with Crippen molar-refractivity contribution in [2.24, 2.45) is 0 Å². The van der Waals surface area contributed by atoms with Crippen molar-refractivity contribution < 1.29 is 18.4 Å². The molecule has 1 atom stereocenters. The van der Waals surface area contributed by atoms with Crippen molar-refractivity contribution in [2.45, 2.75) is 13.0 Å². The number of benzene rings is 2. The van der Waals surface area contributed by atoms with Gasteiger partial charge in [-0.3, -0.25) is 10.1 Å². The average molecular weight is 326 g/mol. The minimum Gasteiger partial charge on any atom is -0.478 e. The second-order valence-electron chi connectivity index (χ2n) is 5.12. The monoisotopic (exact) mass is 326 g/mol. The molecule has 0 aliphatic rings. The zero-order valence-corrected chi connectivity index (χ0v) is 12.9. The van der Waals surface area contributed by atoms with Gasteiger partial charge in [0.25, 0.3) is 5.91 Å². The van der Waals surface area contributed by atoms with Crippen LogP contribution in [-0.2, 0) is 4.79 Å². The van der Waals surface area contributed by atoms with Crippen LogP contribution in [0.1, 0.15) is 6.92 Å². The molecule has 0 aliphatic carbocycles. The zero-order valence-electron chi connectivity index (χ0n) is 12.9. The minimum atomic E-state index is -0.896. The Balaban J connectivity index is 1.65. The first kappa shape index (κ1) is 15.7.